The van der Waals surface area contributed by atoms with Crippen LogP contribution < -0.4 is 4.90 Å². The molecule has 0 aromatic carbocycles. The van der Waals surface area contributed by atoms with Gasteiger partial charge in [-0.2, -0.15) is 18.3 Å². The van der Waals surface area contributed by atoms with E-state index in [4.69, 9.17) is 4.74 Å². The molecule has 1 aliphatic heterocycles. The van der Waals surface area contributed by atoms with E-state index in [1.165, 1.54) is 16.7 Å². The second-order valence-corrected chi connectivity index (χ2v) is 7.82. The number of aromatic nitrogens is 6. The fourth-order valence-corrected chi connectivity index (χ4v) is 3.96. The Labute approximate surface area is 181 Å². The summed E-state index contributed by atoms with van der Waals surface area (Å²) in [4.78, 5) is 15.2. The summed E-state index contributed by atoms with van der Waals surface area (Å²) in [6, 6.07) is 4.12. The molecule has 4 aromatic rings. The van der Waals surface area contributed by atoms with Gasteiger partial charge in [0.2, 0.25) is 0 Å². The van der Waals surface area contributed by atoms with Gasteiger partial charge in [0.05, 0.1) is 30.6 Å². The number of halogens is 3. The highest BCUT2D eigenvalue weighted by atomic mass is 19.4. The molecule has 1 aliphatic rings. The maximum absolute atomic E-state index is 13.2. The highest BCUT2D eigenvalue weighted by Gasteiger charge is 2.32. The highest BCUT2D eigenvalue weighted by molar-refractivity contribution is 5.59. The molecule has 32 heavy (non-hydrogen) atoms. The molecule has 0 bridgehead atoms. The molecule has 2 unspecified atom stereocenters. The van der Waals surface area contributed by atoms with Crippen LogP contribution in [0.2, 0.25) is 0 Å². The first-order chi connectivity index (χ1) is 15.3. The molecule has 0 saturated carbocycles. The van der Waals surface area contributed by atoms with Gasteiger partial charge in [-0.3, -0.25) is 9.50 Å². The number of ether oxygens (including phenoxy) is 1. The van der Waals surface area contributed by atoms with Crippen molar-refractivity contribution in [1.29, 1.82) is 0 Å². The minimum Gasteiger partial charge on any atom is -0.367 e. The average Bonchev–Trinajstić information content (AvgIpc) is 3.38. The number of hydrogen-bond donors (Lipinski definition) is 1. The Balaban J connectivity index is 1.49. The highest BCUT2D eigenvalue weighted by Crippen LogP contribution is 2.32. The van der Waals surface area contributed by atoms with Crippen LogP contribution in [-0.4, -0.2) is 48.7 Å². The van der Waals surface area contributed by atoms with Gasteiger partial charge in [0, 0.05) is 30.2 Å². The van der Waals surface area contributed by atoms with Crippen LogP contribution in [0.4, 0.5) is 19.0 Å². The van der Waals surface area contributed by atoms with Crippen LogP contribution in [0.1, 0.15) is 29.8 Å². The SMILES string of the molecule is Cc1[nH]ncc1C1CN(c2ccnc(-c3cnc4ccc(C(F)(F)F)cn34)n2)CC(C)O1. The Morgan fingerprint density at radius 1 is 1.12 bits per heavy atom. The van der Waals surface area contributed by atoms with Crippen molar-refractivity contribution in [1.82, 2.24) is 29.5 Å². The van der Waals surface area contributed by atoms with Gasteiger partial charge >= 0.3 is 6.18 Å². The maximum Gasteiger partial charge on any atom is 0.417 e. The number of alkyl halides is 3. The number of nitrogens with zero attached hydrogens (tertiary/aromatic N) is 6. The molecule has 5 rings (SSSR count). The zero-order valence-electron chi connectivity index (χ0n) is 17.3. The van der Waals surface area contributed by atoms with E-state index >= 15 is 0 Å². The third-order valence-electron chi connectivity index (χ3n) is 5.50. The number of pyridine rings is 1. The molecule has 0 amide bonds. The first kappa shape index (κ1) is 20.4. The van der Waals surface area contributed by atoms with Crippen molar-refractivity contribution in [3.05, 3.63) is 59.8 Å². The van der Waals surface area contributed by atoms with Gasteiger partial charge in [-0.15, -0.1) is 0 Å². The predicted molar refractivity (Wildman–Crippen MR) is 110 cm³/mol. The van der Waals surface area contributed by atoms with Gasteiger partial charge in [-0.25, -0.2) is 15.0 Å². The molecule has 1 saturated heterocycles. The van der Waals surface area contributed by atoms with Crippen molar-refractivity contribution in [2.75, 3.05) is 18.0 Å². The molecule has 1 fully saturated rings. The summed E-state index contributed by atoms with van der Waals surface area (Å²) in [5.41, 5.74) is 1.94. The Morgan fingerprint density at radius 3 is 2.72 bits per heavy atom. The van der Waals surface area contributed by atoms with Crippen molar-refractivity contribution < 1.29 is 17.9 Å². The number of H-pyrrole nitrogens is 1. The first-order valence-electron chi connectivity index (χ1n) is 10.1. The second kappa shape index (κ2) is 7.59. The minimum absolute atomic E-state index is 0.0494. The number of rotatable bonds is 3. The van der Waals surface area contributed by atoms with Crippen LogP contribution in [0.3, 0.4) is 0 Å². The zero-order chi connectivity index (χ0) is 22.5. The number of fused-ring (bicyclic) bond motifs is 1. The summed E-state index contributed by atoms with van der Waals surface area (Å²) in [5, 5.41) is 7.01. The van der Waals surface area contributed by atoms with E-state index < -0.39 is 11.7 Å². The van der Waals surface area contributed by atoms with Crippen LogP contribution in [0.5, 0.6) is 0 Å². The Bertz CT molecular complexity index is 1270. The minimum atomic E-state index is -4.46. The number of imidazole rings is 1. The largest absolute Gasteiger partial charge is 0.417 e. The van der Waals surface area contributed by atoms with Crippen LogP contribution in [0.15, 0.2) is 43.0 Å². The van der Waals surface area contributed by atoms with E-state index in [9.17, 15) is 13.2 Å². The van der Waals surface area contributed by atoms with Gasteiger partial charge in [0.1, 0.15) is 23.3 Å². The maximum atomic E-state index is 13.2. The summed E-state index contributed by atoms with van der Waals surface area (Å²) in [7, 11) is 0. The smallest absolute Gasteiger partial charge is 0.367 e. The van der Waals surface area contributed by atoms with Crippen molar-refractivity contribution in [3.8, 4) is 11.5 Å². The third-order valence-corrected chi connectivity index (χ3v) is 5.50. The average molecular weight is 443 g/mol. The summed E-state index contributed by atoms with van der Waals surface area (Å²) in [5.74, 6) is 0.961. The molecule has 0 radical (unpaired) electrons. The molecular formula is C21H20F3N7O. The fourth-order valence-electron chi connectivity index (χ4n) is 3.96. The van der Waals surface area contributed by atoms with Gasteiger partial charge in [0.25, 0.3) is 0 Å². The van der Waals surface area contributed by atoms with E-state index in [0.29, 0.717) is 36.1 Å². The van der Waals surface area contributed by atoms with Crippen molar-refractivity contribution >= 4 is 11.5 Å². The number of nitrogens with one attached hydrogen (secondary N) is 1. The Kier molecular flexibility index (Phi) is 4.85. The molecule has 4 aromatic heterocycles. The van der Waals surface area contributed by atoms with Gasteiger partial charge in [0.15, 0.2) is 5.82 Å². The number of aromatic amines is 1. The van der Waals surface area contributed by atoms with Crippen LogP contribution in [0, 0.1) is 6.92 Å². The van der Waals surface area contributed by atoms with Crippen LogP contribution in [-0.2, 0) is 10.9 Å². The van der Waals surface area contributed by atoms with Gasteiger partial charge in [-0.1, -0.05) is 0 Å². The topological polar surface area (TPSA) is 84.2 Å². The fraction of sp³-hybridized carbons (Fsp3) is 0.333. The molecule has 8 nitrogen and oxygen atoms in total. The van der Waals surface area contributed by atoms with E-state index in [2.05, 4.69) is 30.0 Å². The number of anilines is 1. The van der Waals surface area contributed by atoms with Crippen LogP contribution >= 0.6 is 0 Å². The quantitative estimate of drug-likeness (QED) is 0.519. The third kappa shape index (κ3) is 3.68. The number of hydrogen-bond acceptors (Lipinski definition) is 6. The molecule has 11 heteroatoms. The summed E-state index contributed by atoms with van der Waals surface area (Å²) < 4.78 is 47.0. The van der Waals surface area contributed by atoms with Crippen LogP contribution in [0.25, 0.3) is 17.2 Å². The first-order valence-corrected chi connectivity index (χ1v) is 10.1. The zero-order valence-corrected chi connectivity index (χ0v) is 17.3. The molecule has 0 spiro atoms. The Hall–Kier alpha value is -3.47. The van der Waals surface area contributed by atoms with E-state index in [1.807, 2.05) is 13.8 Å². The molecule has 2 atom stereocenters. The number of morpholine rings is 1. The van der Waals surface area contributed by atoms with Gasteiger partial charge < -0.3 is 9.64 Å². The van der Waals surface area contributed by atoms with E-state index in [1.54, 1.807) is 18.5 Å². The molecular weight excluding hydrogens is 423 g/mol. The standard InChI is InChI=1S/C21H20F3N7O/c1-12-9-30(11-17(32-12)15-7-27-29-13(15)2)19-5-6-25-20(28-19)16-8-26-18-4-3-14(10-31(16)18)21(22,23)24/h3-8,10,12,17H,9,11H2,1-2H3,(H,27,29). The lowest BCUT2D eigenvalue weighted by atomic mass is 10.1. The Morgan fingerprint density at radius 2 is 1.97 bits per heavy atom. The molecule has 166 valence electrons. The predicted octanol–water partition coefficient (Wildman–Crippen LogP) is 3.81. The summed E-state index contributed by atoms with van der Waals surface area (Å²) >= 11 is 0. The molecule has 1 N–H and O–H groups in total. The molecule has 5 heterocycles. The summed E-state index contributed by atoms with van der Waals surface area (Å²) in [6.45, 7) is 5.11. The monoisotopic (exact) mass is 443 g/mol. The molecule has 0 aliphatic carbocycles. The number of aryl methyl sites for hydroxylation is 1. The van der Waals surface area contributed by atoms with Crippen molar-refractivity contribution in [2.24, 2.45) is 0 Å². The van der Waals surface area contributed by atoms with E-state index in [0.717, 1.165) is 23.5 Å². The van der Waals surface area contributed by atoms with Gasteiger partial charge in [-0.05, 0) is 32.0 Å². The lowest BCUT2D eigenvalue weighted by molar-refractivity contribution is -0.137. The lowest BCUT2D eigenvalue weighted by Gasteiger charge is -2.37. The lowest BCUT2D eigenvalue weighted by Crippen LogP contribution is -2.43. The van der Waals surface area contributed by atoms with Crippen molar-refractivity contribution in [3.63, 3.8) is 0 Å². The van der Waals surface area contributed by atoms with E-state index in [-0.39, 0.29) is 12.2 Å². The normalized spacial score (nSPS) is 19.6. The van der Waals surface area contributed by atoms with Crippen molar-refractivity contribution in [2.45, 2.75) is 32.2 Å². The second-order valence-electron chi connectivity index (χ2n) is 7.82. The summed E-state index contributed by atoms with van der Waals surface area (Å²) in [6.07, 6.45) is 1.17.